The van der Waals surface area contributed by atoms with Gasteiger partial charge in [0.2, 0.25) is 0 Å². The predicted molar refractivity (Wildman–Crippen MR) is 58.0 cm³/mol. The quantitative estimate of drug-likeness (QED) is 0.812. The Kier molecular flexibility index (Phi) is 2.59. The molecule has 2 rings (SSSR count). The summed E-state index contributed by atoms with van der Waals surface area (Å²) >= 11 is 3.46. The van der Waals surface area contributed by atoms with Crippen LogP contribution in [0.2, 0.25) is 0 Å². The number of ketones is 1. The first-order valence-corrected chi connectivity index (χ1v) is 5.50. The first-order valence-electron chi connectivity index (χ1n) is 4.70. The van der Waals surface area contributed by atoms with E-state index < -0.39 is 0 Å². The minimum absolute atomic E-state index is 0.224. The largest absolute Gasteiger partial charge is 0.494 e. The van der Waals surface area contributed by atoms with Gasteiger partial charge in [-0.1, -0.05) is 15.9 Å². The third kappa shape index (κ3) is 1.57. The molecule has 0 saturated heterocycles. The summed E-state index contributed by atoms with van der Waals surface area (Å²) in [6.07, 6.45) is 1.48. The van der Waals surface area contributed by atoms with Crippen molar-refractivity contribution in [2.45, 2.75) is 19.8 Å². The summed E-state index contributed by atoms with van der Waals surface area (Å²) in [6, 6.07) is 3.78. The molecule has 0 radical (unpaired) electrons. The van der Waals surface area contributed by atoms with Crippen LogP contribution < -0.4 is 4.74 Å². The molecule has 0 saturated carbocycles. The fourth-order valence-corrected chi connectivity index (χ4v) is 2.38. The van der Waals surface area contributed by atoms with Crippen molar-refractivity contribution in [2.75, 3.05) is 6.61 Å². The van der Waals surface area contributed by atoms with Crippen LogP contribution in [0.4, 0.5) is 0 Å². The summed E-state index contributed by atoms with van der Waals surface area (Å²) in [5.41, 5.74) is 1.95. The Morgan fingerprint density at radius 3 is 2.93 bits per heavy atom. The zero-order valence-electron chi connectivity index (χ0n) is 7.97. The molecular formula is C11H11BrO2. The maximum Gasteiger partial charge on any atom is 0.163 e. The summed E-state index contributed by atoms with van der Waals surface area (Å²) < 4.78 is 6.37. The van der Waals surface area contributed by atoms with Crippen LogP contribution in [0.25, 0.3) is 0 Å². The average molecular weight is 255 g/mol. The van der Waals surface area contributed by atoms with Crippen molar-refractivity contribution in [3.8, 4) is 5.75 Å². The highest BCUT2D eigenvalue weighted by Crippen LogP contribution is 2.33. The minimum Gasteiger partial charge on any atom is -0.494 e. The molecule has 0 amide bonds. The van der Waals surface area contributed by atoms with Gasteiger partial charge in [0, 0.05) is 16.5 Å². The summed E-state index contributed by atoms with van der Waals surface area (Å²) in [6.45, 7) is 2.56. The number of halogens is 1. The normalized spacial score (nSPS) is 14.3. The molecule has 0 N–H and O–H groups in total. The van der Waals surface area contributed by atoms with Gasteiger partial charge in [0.1, 0.15) is 5.75 Å². The summed E-state index contributed by atoms with van der Waals surface area (Å²) in [7, 11) is 0. The van der Waals surface area contributed by atoms with E-state index in [1.54, 1.807) is 0 Å². The van der Waals surface area contributed by atoms with Crippen molar-refractivity contribution >= 4 is 21.7 Å². The number of carbonyl (C=O) groups is 1. The van der Waals surface area contributed by atoms with Gasteiger partial charge in [-0.2, -0.15) is 0 Å². The lowest BCUT2D eigenvalue weighted by Crippen LogP contribution is -1.96. The van der Waals surface area contributed by atoms with Gasteiger partial charge in [-0.25, -0.2) is 0 Å². The van der Waals surface area contributed by atoms with E-state index in [2.05, 4.69) is 15.9 Å². The SMILES string of the molecule is CCOc1cc(Br)c2c(c1)C(=O)CC2. The molecule has 74 valence electrons. The number of fused-ring (bicyclic) bond motifs is 1. The van der Waals surface area contributed by atoms with Crippen molar-refractivity contribution in [1.82, 2.24) is 0 Å². The van der Waals surface area contributed by atoms with Gasteiger partial charge in [-0.3, -0.25) is 4.79 Å². The van der Waals surface area contributed by atoms with Gasteiger partial charge in [0.15, 0.2) is 5.78 Å². The van der Waals surface area contributed by atoms with Crippen molar-refractivity contribution < 1.29 is 9.53 Å². The zero-order chi connectivity index (χ0) is 10.1. The van der Waals surface area contributed by atoms with E-state index in [1.165, 1.54) is 0 Å². The van der Waals surface area contributed by atoms with Crippen molar-refractivity contribution in [3.05, 3.63) is 27.7 Å². The Morgan fingerprint density at radius 2 is 2.21 bits per heavy atom. The lowest BCUT2D eigenvalue weighted by molar-refractivity contribution is 0.0994. The van der Waals surface area contributed by atoms with Crippen LogP contribution in [-0.2, 0) is 6.42 Å². The molecule has 0 bridgehead atoms. The molecule has 1 aliphatic carbocycles. The standard InChI is InChI=1S/C11H11BrO2/c1-2-14-7-5-9-8(10(12)6-7)3-4-11(9)13/h5-6H,2-4H2,1H3. The first kappa shape index (κ1) is 9.71. The van der Waals surface area contributed by atoms with Crippen molar-refractivity contribution in [2.24, 2.45) is 0 Å². The number of carbonyl (C=O) groups excluding carboxylic acids is 1. The van der Waals surface area contributed by atoms with Crippen molar-refractivity contribution in [1.29, 1.82) is 0 Å². The van der Waals surface area contributed by atoms with Gasteiger partial charge < -0.3 is 4.74 Å². The molecular weight excluding hydrogens is 244 g/mol. The lowest BCUT2D eigenvalue weighted by atomic mass is 10.1. The highest BCUT2D eigenvalue weighted by Gasteiger charge is 2.22. The minimum atomic E-state index is 0.224. The molecule has 0 aliphatic heterocycles. The molecule has 0 aromatic heterocycles. The Morgan fingerprint density at radius 1 is 1.43 bits per heavy atom. The van der Waals surface area contributed by atoms with Crippen molar-refractivity contribution in [3.63, 3.8) is 0 Å². The summed E-state index contributed by atoms with van der Waals surface area (Å²) in [5.74, 6) is 0.996. The lowest BCUT2D eigenvalue weighted by Gasteiger charge is -2.07. The van der Waals surface area contributed by atoms with E-state index in [-0.39, 0.29) is 5.78 Å². The number of hydrogen-bond acceptors (Lipinski definition) is 2. The molecule has 1 aromatic carbocycles. The smallest absolute Gasteiger partial charge is 0.163 e. The van der Waals surface area contributed by atoms with Gasteiger partial charge in [0.25, 0.3) is 0 Å². The molecule has 0 unspecified atom stereocenters. The third-order valence-electron chi connectivity index (χ3n) is 2.38. The number of ether oxygens (including phenoxy) is 1. The van der Waals surface area contributed by atoms with Gasteiger partial charge in [-0.05, 0) is 31.0 Å². The molecule has 2 nitrogen and oxygen atoms in total. The van der Waals surface area contributed by atoms with E-state index in [0.29, 0.717) is 13.0 Å². The topological polar surface area (TPSA) is 26.3 Å². The van der Waals surface area contributed by atoms with Crippen LogP contribution in [-0.4, -0.2) is 12.4 Å². The fourth-order valence-electron chi connectivity index (χ4n) is 1.74. The number of benzene rings is 1. The Labute approximate surface area is 91.4 Å². The average Bonchev–Trinajstić information content (AvgIpc) is 2.49. The van der Waals surface area contributed by atoms with Crippen LogP contribution >= 0.6 is 15.9 Å². The highest BCUT2D eigenvalue weighted by atomic mass is 79.9. The second-order valence-corrected chi connectivity index (χ2v) is 4.14. The van der Waals surface area contributed by atoms with Crippen LogP contribution in [0.5, 0.6) is 5.75 Å². The van der Waals surface area contributed by atoms with Crippen LogP contribution in [0.1, 0.15) is 29.3 Å². The molecule has 3 heteroatoms. The summed E-state index contributed by atoms with van der Waals surface area (Å²) in [4.78, 5) is 11.5. The Hall–Kier alpha value is -0.830. The van der Waals surface area contributed by atoms with E-state index in [0.717, 1.165) is 27.8 Å². The molecule has 0 spiro atoms. The molecule has 14 heavy (non-hydrogen) atoms. The van der Waals surface area contributed by atoms with Gasteiger partial charge >= 0.3 is 0 Å². The maximum absolute atomic E-state index is 11.5. The van der Waals surface area contributed by atoms with E-state index in [1.807, 2.05) is 19.1 Å². The highest BCUT2D eigenvalue weighted by molar-refractivity contribution is 9.10. The van der Waals surface area contributed by atoms with Crippen LogP contribution in [0, 0.1) is 0 Å². The fraction of sp³-hybridized carbons (Fsp3) is 0.364. The predicted octanol–water partition coefficient (Wildman–Crippen LogP) is 2.98. The molecule has 1 aromatic rings. The second-order valence-electron chi connectivity index (χ2n) is 3.29. The maximum atomic E-state index is 11.5. The molecule has 0 heterocycles. The summed E-state index contributed by atoms with van der Waals surface area (Å²) in [5, 5.41) is 0. The van der Waals surface area contributed by atoms with E-state index in [9.17, 15) is 4.79 Å². The molecule has 1 aliphatic rings. The molecule has 0 fully saturated rings. The zero-order valence-corrected chi connectivity index (χ0v) is 9.56. The van der Waals surface area contributed by atoms with Gasteiger partial charge in [0.05, 0.1) is 6.61 Å². The number of rotatable bonds is 2. The number of hydrogen-bond donors (Lipinski definition) is 0. The first-order chi connectivity index (χ1) is 6.72. The van der Waals surface area contributed by atoms with Crippen LogP contribution in [0.15, 0.2) is 16.6 Å². The van der Waals surface area contributed by atoms with Crippen LogP contribution in [0.3, 0.4) is 0 Å². The Balaban J connectivity index is 2.47. The number of Topliss-reactive ketones (excluding diaryl/α,β-unsaturated/α-hetero) is 1. The van der Waals surface area contributed by atoms with E-state index in [4.69, 9.17) is 4.74 Å². The monoisotopic (exact) mass is 254 g/mol. The third-order valence-corrected chi connectivity index (χ3v) is 3.09. The Bertz CT molecular complexity index is 385. The van der Waals surface area contributed by atoms with Gasteiger partial charge in [-0.15, -0.1) is 0 Å². The van der Waals surface area contributed by atoms with E-state index >= 15 is 0 Å². The second kappa shape index (κ2) is 3.73. The molecule has 0 atom stereocenters.